The molecule has 0 bridgehead atoms. The van der Waals surface area contributed by atoms with Crippen LogP contribution in [0.3, 0.4) is 0 Å². The molecule has 0 spiro atoms. The lowest BCUT2D eigenvalue weighted by molar-refractivity contribution is -0.142. The Kier molecular flexibility index (Phi) is 7.07. The molecule has 2 aromatic carbocycles. The van der Waals surface area contributed by atoms with Gasteiger partial charge in [0.25, 0.3) is 5.91 Å². The second kappa shape index (κ2) is 10.2. The molecule has 1 aliphatic heterocycles. The highest BCUT2D eigenvalue weighted by Crippen LogP contribution is 2.33. The van der Waals surface area contributed by atoms with Gasteiger partial charge in [0, 0.05) is 44.4 Å². The molecule has 2 aromatic heterocycles. The topological polar surface area (TPSA) is 53.7 Å². The van der Waals surface area contributed by atoms with Crippen LogP contribution in [0.1, 0.15) is 38.4 Å². The van der Waals surface area contributed by atoms with E-state index in [-0.39, 0.29) is 36.7 Å². The molecule has 40 heavy (non-hydrogen) atoms. The minimum atomic E-state index is -4.74. The lowest BCUT2D eigenvalue weighted by Gasteiger charge is -2.34. The number of carbonyl (C=O) groups excluding carboxylic acids is 1. The fourth-order valence-electron chi connectivity index (χ4n) is 4.70. The Morgan fingerprint density at radius 3 is 2.23 bits per heavy atom. The van der Waals surface area contributed by atoms with Crippen LogP contribution in [-0.2, 0) is 18.9 Å². The summed E-state index contributed by atoms with van der Waals surface area (Å²) in [6, 6.07) is 12.5. The van der Waals surface area contributed by atoms with Gasteiger partial charge in [0.15, 0.2) is 17.0 Å². The van der Waals surface area contributed by atoms with Crippen molar-refractivity contribution in [3.8, 4) is 11.3 Å². The van der Waals surface area contributed by atoms with Crippen LogP contribution < -0.4 is 0 Å². The molecule has 0 radical (unpaired) electrons. The van der Waals surface area contributed by atoms with Gasteiger partial charge >= 0.3 is 12.4 Å². The molecule has 0 atom stereocenters. The Bertz CT molecular complexity index is 1570. The molecule has 1 saturated heterocycles. The number of piperazine rings is 1. The molecule has 0 N–H and O–H groups in total. The fourth-order valence-corrected chi connectivity index (χ4v) is 4.70. The number of carbonyl (C=O) groups is 1. The molecule has 0 saturated carbocycles. The third-order valence-corrected chi connectivity index (χ3v) is 7.06. The van der Waals surface area contributed by atoms with E-state index in [1.54, 1.807) is 18.2 Å². The van der Waals surface area contributed by atoms with Gasteiger partial charge < -0.3 is 4.90 Å². The van der Waals surface area contributed by atoms with Crippen molar-refractivity contribution in [2.75, 3.05) is 26.2 Å². The fraction of sp³-hybridized carbons (Fsp3) is 0.321. The first-order chi connectivity index (χ1) is 18.8. The zero-order chi connectivity index (χ0) is 28.8. The first-order valence-electron chi connectivity index (χ1n) is 12.5. The second-order valence-corrected chi connectivity index (χ2v) is 9.89. The summed E-state index contributed by atoms with van der Waals surface area (Å²) in [4.78, 5) is 20.9. The first-order valence-corrected chi connectivity index (χ1v) is 12.5. The maximum atomic E-state index is 14.0. The van der Waals surface area contributed by atoms with Crippen LogP contribution in [0.2, 0.25) is 0 Å². The van der Waals surface area contributed by atoms with Crippen molar-refractivity contribution < 1.29 is 31.1 Å². The molecule has 1 aliphatic rings. The highest BCUT2D eigenvalue weighted by atomic mass is 19.4. The standard InChI is InChI=1S/C28H25F6N5O/c1-17-6-7-20(12-18(17)2)22-14-24(28(32,33)34)39-25(35-22)15-23(36-39)26(40)38-10-8-37(9-11-38)16-19-4-3-5-21(13-19)27(29,30)31/h3-7,12-15H,8-11,16H2,1-2H3. The number of rotatable bonds is 4. The third-order valence-electron chi connectivity index (χ3n) is 7.06. The van der Waals surface area contributed by atoms with E-state index in [0.717, 1.165) is 29.3 Å². The van der Waals surface area contributed by atoms with E-state index in [4.69, 9.17) is 0 Å². The van der Waals surface area contributed by atoms with E-state index in [9.17, 15) is 31.1 Å². The SMILES string of the molecule is Cc1ccc(-c2cc(C(F)(F)F)n3nc(C(=O)N4CCN(Cc5cccc(C(F)(F)F)c5)CC4)cc3n2)cc1C. The van der Waals surface area contributed by atoms with E-state index in [2.05, 4.69) is 10.1 Å². The molecule has 12 heteroatoms. The summed E-state index contributed by atoms with van der Waals surface area (Å²) in [6.45, 7) is 5.31. The number of aryl methyl sites for hydroxylation is 2. The first kappa shape index (κ1) is 27.6. The van der Waals surface area contributed by atoms with E-state index in [0.29, 0.717) is 28.7 Å². The van der Waals surface area contributed by atoms with E-state index >= 15 is 0 Å². The van der Waals surface area contributed by atoms with Crippen molar-refractivity contribution in [2.45, 2.75) is 32.7 Å². The Labute approximate surface area is 225 Å². The molecule has 0 aliphatic carbocycles. The average Bonchev–Trinajstić information content (AvgIpc) is 3.33. The quantitative estimate of drug-likeness (QED) is 0.287. The number of hydrogen-bond donors (Lipinski definition) is 0. The molecule has 3 heterocycles. The van der Waals surface area contributed by atoms with Crippen molar-refractivity contribution in [2.24, 2.45) is 0 Å². The Hall–Kier alpha value is -3.93. The molecule has 1 amide bonds. The van der Waals surface area contributed by atoms with Gasteiger partial charge in [-0.1, -0.05) is 30.3 Å². The zero-order valence-electron chi connectivity index (χ0n) is 21.6. The molecule has 210 valence electrons. The van der Waals surface area contributed by atoms with Crippen LogP contribution in [0.5, 0.6) is 0 Å². The normalized spacial score (nSPS) is 15.2. The van der Waals surface area contributed by atoms with E-state index in [1.807, 2.05) is 24.8 Å². The molecule has 4 aromatic rings. The summed E-state index contributed by atoms with van der Waals surface area (Å²) in [5.74, 6) is -0.537. The summed E-state index contributed by atoms with van der Waals surface area (Å²) in [7, 11) is 0. The summed E-state index contributed by atoms with van der Waals surface area (Å²) in [6.07, 6.45) is -9.17. The van der Waals surface area contributed by atoms with Crippen molar-refractivity contribution in [1.82, 2.24) is 24.4 Å². The van der Waals surface area contributed by atoms with E-state index in [1.165, 1.54) is 17.0 Å². The summed E-state index contributed by atoms with van der Waals surface area (Å²) in [5, 5.41) is 3.96. The van der Waals surface area contributed by atoms with Gasteiger partial charge in [0.1, 0.15) is 0 Å². The summed E-state index contributed by atoms with van der Waals surface area (Å²) in [5.41, 5.74) is 0.995. The second-order valence-electron chi connectivity index (χ2n) is 9.89. The van der Waals surface area contributed by atoms with Crippen LogP contribution >= 0.6 is 0 Å². The number of alkyl halides is 6. The van der Waals surface area contributed by atoms with Gasteiger partial charge in [0.05, 0.1) is 11.3 Å². The lowest BCUT2D eigenvalue weighted by Crippen LogP contribution is -2.48. The number of benzene rings is 2. The van der Waals surface area contributed by atoms with Crippen LogP contribution in [0.15, 0.2) is 54.6 Å². The van der Waals surface area contributed by atoms with Gasteiger partial charge in [0.2, 0.25) is 0 Å². The van der Waals surface area contributed by atoms with Crippen molar-refractivity contribution >= 4 is 11.6 Å². The smallest absolute Gasteiger partial charge is 0.335 e. The predicted octanol–water partition coefficient (Wildman–Crippen LogP) is 6.01. The summed E-state index contributed by atoms with van der Waals surface area (Å²) >= 11 is 0. The number of amides is 1. The lowest BCUT2D eigenvalue weighted by atomic mass is 10.0. The molecular weight excluding hydrogens is 536 g/mol. The predicted molar refractivity (Wildman–Crippen MR) is 136 cm³/mol. The number of hydrogen-bond acceptors (Lipinski definition) is 4. The highest BCUT2D eigenvalue weighted by molar-refractivity contribution is 5.93. The van der Waals surface area contributed by atoms with Crippen molar-refractivity contribution in [3.05, 3.63) is 88.2 Å². The number of aromatic nitrogens is 3. The molecule has 1 fully saturated rings. The Morgan fingerprint density at radius 2 is 1.57 bits per heavy atom. The third kappa shape index (κ3) is 5.67. The van der Waals surface area contributed by atoms with Gasteiger partial charge in [-0.3, -0.25) is 9.69 Å². The molecule has 5 rings (SSSR count). The van der Waals surface area contributed by atoms with E-state index < -0.39 is 29.5 Å². The van der Waals surface area contributed by atoms with Crippen LogP contribution in [0.25, 0.3) is 16.9 Å². The minimum absolute atomic E-state index is 0.102. The van der Waals surface area contributed by atoms with Gasteiger partial charge in [-0.15, -0.1) is 0 Å². The van der Waals surface area contributed by atoms with Crippen molar-refractivity contribution in [1.29, 1.82) is 0 Å². The molecule has 0 unspecified atom stereocenters. The largest absolute Gasteiger partial charge is 0.433 e. The number of fused-ring (bicyclic) bond motifs is 1. The highest BCUT2D eigenvalue weighted by Gasteiger charge is 2.36. The Balaban J connectivity index is 1.35. The number of nitrogens with zero attached hydrogens (tertiary/aromatic N) is 5. The zero-order valence-corrected chi connectivity index (χ0v) is 21.6. The van der Waals surface area contributed by atoms with Crippen LogP contribution in [-0.4, -0.2) is 56.5 Å². The summed E-state index contributed by atoms with van der Waals surface area (Å²) < 4.78 is 81.7. The van der Waals surface area contributed by atoms with Crippen LogP contribution in [0.4, 0.5) is 26.3 Å². The van der Waals surface area contributed by atoms with Crippen LogP contribution in [0, 0.1) is 13.8 Å². The Morgan fingerprint density at radius 1 is 0.850 bits per heavy atom. The maximum absolute atomic E-state index is 14.0. The minimum Gasteiger partial charge on any atom is -0.335 e. The average molecular weight is 562 g/mol. The van der Waals surface area contributed by atoms with Gasteiger partial charge in [-0.25, -0.2) is 9.50 Å². The van der Waals surface area contributed by atoms with Gasteiger partial charge in [-0.2, -0.15) is 31.4 Å². The maximum Gasteiger partial charge on any atom is 0.433 e. The molecular formula is C28H25F6N5O. The van der Waals surface area contributed by atoms with Gasteiger partial charge in [-0.05, 0) is 48.7 Å². The molecule has 6 nitrogen and oxygen atoms in total. The van der Waals surface area contributed by atoms with Crippen molar-refractivity contribution in [3.63, 3.8) is 0 Å². The monoisotopic (exact) mass is 561 g/mol. The number of halogens is 6.